The van der Waals surface area contributed by atoms with E-state index >= 15 is 0 Å². The molecular formula is C19H20N6O2. The number of rotatable bonds is 3. The molecule has 0 atom stereocenters. The molecule has 0 amide bonds. The smallest absolute Gasteiger partial charge is 0.337 e. The quantitative estimate of drug-likeness (QED) is 0.671. The van der Waals surface area contributed by atoms with Crippen molar-refractivity contribution in [3.8, 4) is 0 Å². The van der Waals surface area contributed by atoms with Gasteiger partial charge in [-0.25, -0.2) is 9.78 Å². The topological polar surface area (TPSA) is 120 Å². The van der Waals surface area contributed by atoms with Crippen LogP contribution in [0.2, 0.25) is 0 Å². The molecule has 4 N–H and O–H groups in total. The maximum absolute atomic E-state index is 11.5. The Morgan fingerprint density at radius 2 is 1.96 bits per heavy atom. The van der Waals surface area contributed by atoms with Crippen LogP contribution in [0.15, 0.2) is 30.3 Å². The third-order valence-corrected chi connectivity index (χ3v) is 4.74. The van der Waals surface area contributed by atoms with Crippen LogP contribution in [-0.4, -0.2) is 39.5 Å². The molecule has 1 aliphatic rings. The SMILES string of the molecule is COC(=O)c1ccc(CN2CCc3nc4nc(N)nc(N)c4cc3C2)cc1. The first kappa shape index (κ1) is 17.2. The molecule has 138 valence electrons. The Balaban J connectivity index is 1.54. The number of hydrogen-bond donors (Lipinski definition) is 2. The van der Waals surface area contributed by atoms with E-state index in [1.165, 1.54) is 7.11 Å². The van der Waals surface area contributed by atoms with Crippen molar-refractivity contribution < 1.29 is 9.53 Å². The molecule has 2 aromatic heterocycles. The zero-order valence-electron chi connectivity index (χ0n) is 15.0. The number of aromatic nitrogens is 3. The molecule has 8 heteroatoms. The average Bonchev–Trinajstić information content (AvgIpc) is 2.67. The lowest BCUT2D eigenvalue weighted by Crippen LogP contribution is -2.30. The van der Waals surface area contributed by atoms with Crippen molar-refractivity contribution in [1.29, 1.82) is 0 Å². The lowest BCUT2D eigenvalue weighted by Gasteiger charge is -2.28. The van der Waals surface area contributed by atoms with Crippen LogP contribution in [0.3, 0.4) is 0 Å². The van der Waals surface area contributed by atoms with Gasteiger partial charge in [0.05, 0.1) is 18.1 Å². The number of benzene rings is 1. The highest BCUT2D eigenvalue weighted by molar-refractivity contribution is 5.89. The molecule has 8 nitrogen and oxygen atoms in total. The van der Waals surface area contributed by atoms with Crippen molar-refractivity contribution in [3.63, 3.8) is 0 Å². The number of fused-ring (bicyclic) bond motifs is 2. The lowest BCUT2D eigenvalue weighted by atomic mass is 10.0. The number of nitrogen functional groups attached to an aromatic ring is 2. The van der Waals surface area contributed by atoms with Gasteiger partial charge in [-0.1, -0.05) is 12.1 Å². The number of anilines is 2. The Morgan fingerprint density at radius 1 is 1.19 bits per heavy atom. The van der Waals surface area contributed by atoms with Gasteiger partial charge in [0.1, 0.15) is 5.82 Å². The highest BCUT2D eigenvalue weighted by Crippen LogP contribution is 2.25. The van der Waals surface area contributed by atoms with Crippen molar-refractivity contribution in [2.75, 3.05) is 25.1 Å². The zero-order valence-corrected chi connectivity index (χ0v) is 15.0. The fourth-order valence-corrected chi connectivity index (χ4v) is 3.37. The van der Waals surface area contributed by atoms with E-state index in [0.29, 0.717) is 17.0 Å². The van der Waals surface area contributed by atoms with Crippen molar-refractivity contribution in [3.05, 3.63) is 52.7 Å². The molecule has 0 spiro atoms. The van der Waals surface area contributed by atoms with Crippen molar-refractivity contribution in [1.82, 2.24) is 19.9 Å². The van der Waals surface area contributed by atoms with Crippen LogP contribution in [0.25, 0.3) is 11.0 Å². The summed E-state index contributed by atoms with van der Waals surface area (Å²) in [7, 11) is 1.38. The van der Waals surface area contributed by atoms with Gasteiger partial charge in [0.2, 0.25) is 5.95 Å². The number of hydrogen-bond acceptors (Lipinski definition) is 8. The highest BCUT2D eigenvalue weighted by atomic mass is 16.5. The van der Waals surface area contributed by atoms with Gasteiger partial charge in [-0.15, -0.1) is 0 Å². The summed E-state index contributed by atoms with van der Waals surface area (Å²) >= 11 is 0. The minimum Gasteiger partial charge on any atom is -0.465 e. The molecule has 0 fully saturated rings. The second-order valence-corrected chi connectivity index (χ2v) is 6.58. The third-order valence-electron chi connectivity index (χ3n) is 4.74. The van der Waals surface area contributed by atoms with E-state index in [0.717, 1.165) is 48.3 Å². The first-order valence-electron chi connectivity index (χ1n) is 8.64. The molecule has 1 aliphatic heterocycles. The van der Waals surface area contributed by atoms with Gasteiger partial charge in [-0.3, -0.25) is 4.90 Å². The average molecular weight is 364 g/mol. The summed E-state index contributed by atoms with van der Waals surface area (Å²) in [6.45, 7) is 2.44. The summed E-state index contributed by atoms with van der Waals surface area (Å²) in [6.07, 6.45) is 0.829. The minimum absolute atomic E-state index is 0.139. The summed E-state index contributed by atoms with van der Waals surface area (Å²) in [6, 6.07) is 9.50. The summed E-state index contributed by atoms with van der Waals surface area (Å²) in [5, 5.41) is 0.729. The van der Waals surface area contributed by atoms with Gasteiger partial charge in [-0.2, -0.15) is 9.97 Å². The fraction of sp³-hybridized carbons (Fsp3) is 0.263. The molecule has 0 saturated carbocycles. The number of esters is 1. The summed E-state index contributed by atoms with van der Waals surface area (Å²) in [5.41, 5.74) is 16.0. The van der Waals surface area contributed by atoms with Gasteiger partial charge in [0.25, 0.3) is 0 Å². The van der Waals surface area contributed by atoms with Crippen LogP contribution < -0.4 is 11.5 Å². The van der Waals surface area contributed by atoms with Crippen LogP contribution >= 0.6 is 0 Å². The molecule has 3 heterocycles. The number of carbonyl (C=O) groups excluding carboxylic acids is 1. The molecule has 3 aromatic rings. The summed E-state index contributed by atoms with van der Waals surface area (Å²) < 4.78 is 4.73. The molecule has 0 aliphatic carbocycles. The van der Waals surface area contributed by atoms with E-state index in [2.05, 4.69) is 19.9 Å². The Hall–Kier alpha value is -3.26. The van der Waals surface area contributed by atoms with Crippen LogP contribution in [0, 0.1) is 0 Å². The van der Waals surface area contributed by atoms with Gasteiger partial charge in [0, 0.05) is 31.7 Å². The second-order valence-electron chi connectivity index (χ2n) is 6.58. The number of nitrogens with zero attached hydrogens (tertiary/aromatic N) is 4. The van der Waals surface area contributed by atoms with Gasteiger partial charge in [-0.05, 0) is 29.3 Å². The lowest BCUT2D eigenvalue weighted by molar-refractivity contribution is 0.0600. The van der Waals surface area contributed by atoms with Gasteiger partial charge in [0.15, 0.2) is 5.65 Å². The van der Waals surface area contributed by atoms with Gasteiger partial charge >= 0.3 is 5.97 Å². The predicted molar refractivity (Wildman–Crippen MR) is 102 cm³/mol. The molecular weight excluding hydrogens is 344 g/mol. The van der Waals surface area contributed by atoms with Gasteiger partial charge < -0.3 is 16.2 Å². The molecule has 0 radical (unpaired) electrons. The first-order valence-corrected chi connectivity index (χ1v) is 8.64. The van der Waals surface area contributed by atoms with E-state index in [1.807, 2.05) is 18.2 Å². The Labute approximate surface area is 156 Å². The number of nitrogens with two attached hydrogens (primary N) is 2. The molecule has 0 bridgehead atoms. The zero-order chi connectivity index (χ0) is 19.0. The van der Waals surface area contributed by atoms with Crippen LogP contribution in [0.5, 0.6) is 0 Å². The Kier molecular flexibility index (Phi) is 4.33. The van der Waals surface area contributed by atoms with E-state index in [4.69, 9.17) is 16.2 Å². The summed E-state index contributed by atoms with van der Waals surface area (Å²) in [4.78, 5) is 26.7. The second kappa shape index (κ2) is 6.81. The number of methoxy groups -OCH3 is 1. The first-order chi connectivity index (χ1) is 13.0. The maximum atomic E-state index is 11.5. The van der Waals surface area contributed by atoms with Crippen molar-refractivity contribution in [2.45, 2.75) is 19.5 Å². The predicted octanol–water partition coefficient (Wildman–Crippen LogP) is 1.53. The number of ether oxygens (including phenoxy) is 1. The maximum Gasteiger partial charge on any atom is 0.337 e. The highest BCUT2D eigenvalue weighted by Gasteiger charge is 2.20. The van der Waals surface area contributed by atoms with Crippen LogP contribution in [0.1, 0.15) is 27.2 Å². The third kappa shape index (κ3) is 3.39. The van der Waals surface area contributed by atoms with Crippen LogP contribution in [0.4, 0.5) is 11.8 Å². The number of pyridine rings is 1. The normalized spacial score (nSPS) is 14.1. The van der Waals surface area contributed by atoms with E-state index in [-0.39, 0.29) is 11.9 Å². The van der Waals surface area contributed by atoms with Crippen molar-refractivity contribution >= 4 is 28.8 Å². The molecule has 1 aromatic carbocycles. The van der Waals surface area contributed by atoms with E-state index < -0.39 is 0 Å². The Bertz CT molecular complexity index is 1020. The molecule has 4 rings (SSSR count). The number of carbonyl (C=O) groups is 1. The Morgan fingerprint density at radius 3 is 2.70 bits per heavy atom. The fourth-order valence-electron chi connectivity index (χ4n) is 3.37. The monoisotopic (exact) mass is 364 g/mol. The molecule has 0 unspecified atom stereocenters. The minimum atomic E-state index is -0.327. The standard InChI is InChI=1S/C19H20N6O2/c1-27-18(26)12-4-2-11(3-5-12)9-25-7-6-15-13(10-25)8-14-16(20)23-19(21)24-17(14)22-15/h2-5,8H,6-7,9-10H2,1H3,(H4,20,21,22,23,24). The van der Waals surface area contributed by atoms with E-state index in [1.54, 1.807) is 12.1 Å². The summed E-state index contributed by atoms with van der Waals surface area (Å²) in [5.74, 6) is 0.162. The molecule has 27 heavy (non-hydrogen) atoms. The molecule has 0 saturated heterocycles. The van der Waals surface area contributed by atoms with Crippen molar-refractivity contribution in [2.24, 2.45) is 0 Å². The van der Waals surface area contributed by atoms with Crippen LogP contribution in [-0.2, 0) is 24.2 Å². The largest absolute Gasteiger partial charge is 0.465 e. The van der Waals surface area contributed by atoms with E-state index in [9.17, 15) is 4.79 Å².